The minimum Gasteiger partial charge on any atom is -0.377 e. The lowest BCUT2D eigenvalue weighted by Crippen LogP contribution is -2.32. The van der Waals surface area contributed by atoms with E-state index in [2.05, 4.69) is 42.2 Å². The lowest BCUT2D eigenvalue weighted by Gasteiger charge is -2.22. The van der Waals surface area contributed by atoms with Gasteiger partial charge in [-0.2, -0.15) is 24.7 Å². The zero-order chi connectivity index (χ0) is 14.7. The molecule has 1 N–H and O–H groups in total. The van der Waals surface area contributed by atoms with E-state index < -0.39 is 0 Å². The van der Waals surface area contributed by atoms with E-state index in [0.717, 1.165) is 26.1 Å². The first kappa shape index (κ1) is 13.7. The van der Waals surface area contributed by atoms with E-state index in [1.165, 1.54) is 11.0 Å². The Morgan fingerprint density at radius 2 is 2.14 bits per heavy atom. The van der Waals surface area contributed by atoms with Gasteiger partial charge in [-0.15, -0.1) is 0 Å². The minimum atomic E-state index is 0.150. The van der Waals surface area contributed by atoms with Crippen molar-refractivity contribution in [3.8, 4) is 5.95 Å². The van der Waals surface area contributed by atoms with Crippen LogP contribution in [0.25, 0.3) is 5.95 Å². The molecule has 0 saturated carbocycles. The van der Waals surface area contributed by atoms with Crippen molar-refractivity contribution >= 4 is 11.9 Å². The summed E-state index contributed by atoms with van der Waals surface area (Å²) in [6, 6.07) is 0. The van der Waals surface area contributed by atoms with Crippen molar-refractivity contribution in [1.82, 2.24) is 29.7 Å². The van der Waals surface area contributed by atoms with Crippen molar-refractivity contribution in [1.29, 1.82) is 0 Å². The molecule has 3 heterocycles. The Balaban J connectivity index is 1.95. The molecule has 1 aliphatic heterocycles. The van der Waals surface area contributed by atoms with Crippen LogP contribution in [0.4, 0.5) is 11.9 Å². The fraction of sp³-hybridized carbons (Fsp3) is 0.583. The number of hydrogen-bond donors (Lipinski definition) is 1. The summed E-state index contributed by atoms with van der Waals surface area (Å²) in [5, 5.41) is 7.02. The number of aromatic nitrogens is 6. The summed E-state index contributed by atoms with van der Waals surface area (Å²) in [6.45, 7) is 4.42. The van der Waals surface area contributed by atoms with Crippen LogP contribution in [0.3, 0.4) is 0 Å². The topological polar surface area (TPSA) is 93.9 Å². The van der Waals surface area contributed by atoms with Gasteiger partial charge in [-0.25, -0.2) is 4.98 Å². The number of ether oxygens (including phenoxy) is 1. The second kappa shape index (κ2) is 6.00. The van der Waals surface area contributed by atoms with Gasteiger partial charge < -0.3 is 15.0 Å². The first-order chi connectivity index (χ1) is 10.3. The van der Waals surface area contributed by atoms with Crippen molar-refractivity contribution in [3.63, 3.8) is 0 Å². The van der Waals surface area contributed by atoms with Crippen LogP contribution in [0, 0.1) is 0 Å². The number of hydrogen-bond acceptors (Lipinski definition) is 8. The van der Waals surface area contributed by atoms with Crippen LogP contribution >= 0.6 is 0 Å². The molecule has 0 radical (unpaired) electrons. The van der Waals surface area contributed by atoms with Gasteiger partial charge in [0.05, 0.1) is 6.10 Å². The van der Waals surface area contributed by atoms with Crippen LogP contribution in [0.1, 0.15) is 13.3 Å². The zero-order valence-corrected chi connectivity index (χ0v) is 12.1. The molecule has 0 aliphatic carbocycles. The van der Waals surface area contributed by atoms with E-state index in [1.807, 2.05) is 0 Å². The Morgan fingerprint density at radius 3 is 2.90 bits per heavy atom. The molecular formula is C12H18N8O. The third kappa shape index (κ3) is 3.07. The van der Waals surface area contributed by atoms with Gasteiger partial charge >= 0.3 is 0 Å². The summed E-state index contributed by atoms with van der Waals surface area (Å²) < 4.78 is 7.18. The predicted molar refractivity (Wildman–Crippen MR) is 76.5 cm³/mol. The van der Waals surface area contributed by atoms with E-state index in [1.54, 1.807) is 13.4 Å². The highest BCUT2D eigenvalue weighted by molar-refractivity contribution is 5.39. The molecule has 0 aromatic carbocycles. The molecule has 0 spiro atoms. The Kier molecular flexibility index (Phi) is 3.91. The summed E-state index contributed by atoms with van der Waals surface area (Å²) in [7, 11) is 1.78. The SMILES string of the molecule is CNc1nc(N2CCCOC(C)C2)nc(-n2cncn2)n1. The van der Waals surface area contributed by atoms with Gasteiger partial charge in [0.25, 0.3) is 5.95 Å². The second-order valence-corrected chi connectivity index (χ2v) is 4.83. The maximum Gasteiger partial charge on any atom is 0.258 e. The van der Waals surface area contributed by atoms with Gasteiger partial charge in [0.2, 0.25) is 11.9 Å². The van der Waals surface area contributed by atoms with Gasteiger partial charge in [0.15, 0.2) is 0 Å². The molecule has 1 atom stereocenters. The average molecular weight is 290 g/mol. The molecule has 2 aromatic heterocycles. The molecule has 1 saturated heterocycles. The predicted octanol–water partition coefficient (Wildman–Crippen LogP) is 0.109. The summed E-state index contributed by atoms with van der Waals surface area (Å²) in [5.41, 5.74) is 0. The van der Waals surface area contributed by atoms with Crippen molar-refractivity contribution in [2.75, 3.05) is 37.0 Å². The number of nitrogens with zero attached hydrogens (tertiary/aromatic N) is 7. The largest absolute Gasteiger partial charge is 0.377 e. The Hall–Kier alpha value is -2.29. The average Bonchev–Trinajstić information content (AvgIpc) is 2.96. The number of rotatable bonds is 3. The summed E-state index contributed by atoms with van der Waals surface area (Å²) in [5.74, 6) is 1.57. The highest BCUT2D eigenvalue weighted by Gasteiger charge is 2.19. The fourth-order valence-electron chi connectivity index (χ4n) is 2.20. The van der Waals surface area contributed by atoms with E-state index in [4.69, 9.17) is 4.74 Å². The highest BCUT2D eigenvalue weighted by atomic mass is 16.5. The first-order valence-electron chi connectivity index (χ1n) is 6.91. The normalized spacial score (nSPS) is 19.3. The van der Waals surface area contributed by atoms with Gasteiger partial charge in [0, 0.05) is 26.7 Å². The summed E-state index contributed by atoms with van der Waals surface area (Å²) in [4.78, 5) is 19.3. The second-order valence-electron chi connectivity index (χ2n) is 4.83. The summed E-state index contributed by atoms with van der Waals surface area (Å²) in [6.07, 6.45) is 4.11. The number of nitrogens with one attached hydrogen (secondary N) is 1. The van der Waals surface area contributed by atoms with Crippen LogP contribution in [-0.4, -0.2) is 62.6 Å². The molecule has 2 aromatic rings. The molecule has 9 heteroatoms. The van der Waals surface area contributed by atoms with Crippen LogP contribution in [0.15, 0.2) is 12.7 Å². The molecule has 0 amide bonds. The lowest BCUT2D eigenvalue weighted by atomic mass is 10.3. The van der Waals surface area contributed by atoms with Crippen molar-refractivity contribution < 1.29 is 4.74 Å². The van der Waals surface area contributed by atoms with Gasteiger partial charge in [-0.05, 0) is 13.3 Å². The van der Waals surface area contributed by atoms with Crippen molar-refractivity contribution in [2.24, 2.45) is 0 Å². The first-order valence-corrected chi connectivity index (χ1v) is 6.91. The third-order valence-corrected chi connectivity index (χ3v) is 3.19. The fourth-order valence-corrected chi connectivity index (χ4v) is 2.20. The zero-order valence-electron chi connectivity index (χ0n) is 12.1. The Bertz CT molecular complexity index is 587. The minimum absolute atomic E-state index is 0.150. The number of anilines is 2. The highest BCUT2D eigenvalue weighted by Crippen LogP contribution is 2.16. The van der Waals surface area contributed by atoms with Crippen LogP contribution in [0.5, 0.6) is 0 Å². The maximum absolute atomic E-state index is 5.66. The third-order valence-electron chi connectivity index (χ3n) is 3.19. The molecule has 1 unspecified atom stereocenters. The van der Waals surface area contributed by atoms with Gasteiger partial charge in [-0.1, -0.05) is 0 Å². The van der Waals surface area contributed by atoms with E-state index in [9.17, 15) is 0 Å². The molecule has 0 bridgehead atoms. The van der Waals surface area contributed by atoms with Crippen LogP contribution < -0.4 is 10.2 Å². The summed E-state index contributed by atoms with van der Waals surface area (Å²) >= 11 is 0. The van der Waals surface area contributed by atoms with E-state index >= 15 is 0 Å². The smallest absolute Gasteiger partial charge is 0.258 e. The monoisotopic (exact) mass is 290 g/mol. The molecule has 1 fully saturated rings. The molecular weight excluding hydrogens is 272 g/mol. The van der Waals surface area contributed by atoms with Crippen LogP contribution in [0.2, 0.25) is 0 Å². The molecule has 112 valence electrons. The Labute approximate surface area is 122 Å². The van der Waals surface area contributed by atoms with Crippen molar-refractivity contribution in [2.45, 2.75) is 19.4 Å². The Morgan fingerprint density at radius 1 is 1.29 bits per heavy atom. The van der Waals surface area contributed by atoms with Gasteiger partial charge in [-0.3, -0.25) is 0 Å². The maximum atomic E-state index is 5.66. The quantitative estimate of drug-likeness (QED) is 0.851. The van der Waals surface area contributed by atoms with E-state index in [0.29, 0.717) is 17.8 Å². The van der Waals surface area contributed by atoms with E-state index in [-0.39, 0.29) is 6.10 Å². The molecule has 9 nitrogen and oxygen atoms in total. The van der Waals surface area contributed by atoms with Crippen LogP contribution in [-0.2, 0) is 4.74 Å². The molecule has 21 heavy (non-hydrogen) atoms. The standard InChI is InChI=1S/C12H18N8O/c1-9-6-19(4-3-5-21-9)11-16-10(13-2)17-12(18-11)20-8-14-7-15-20/h7-9H,3-6H2,1-2H3,(H,13,16,17,18). The van der Waals surface area contributed by atoms with Crippen molar-refractivity contribution in [3.05, 3.63) is 12.7 Å². The molecule has 1 aliphatic rings. The lowest BCUT2D eigenvalue weighted by molar-refractivity contribution is 0.0820. The molecule has 3 rings (SSSR count). The van der Waals surface area contributed by atoms with Gasteiger partial charge in [0.1, 0.15) is 12.7 Å².